The zero-order chi connectivity index (χ0) is 14.8. The Kier molecular flexibility index (Phi) is 6.14. The maximum Gasteiger partial charge on any atom is 0.235 e. The quantitative estimate of drug-likeness (QED) is 0.371. The van der Waals surface area contributed by atoms with Crippen molar-refractivity contribution in [2.45, 2.75) is 6.10 Å². The first kappa shape index (κ1) is 14.9. The van der Waals surface area contributed by atoms with Crippen molar-refractivity contribution in [3.63, 3.8) is 0 Å². The molecule has 1 fully saturated rings. The summed E-state index contributed by atoms with van der Waals surface area (Å²) in [7, 11) is 0. The SMILES string of the molecule is C(=Cc1ccccc1)c1ccccc1.O=C=NCC1CO1. The van der Waals surface area contributed by atoms with Crippen molar-refractivity contribution in [2.24, 2.45) is 4.99 Å². The lowest BCUT2D eigenvalue weighted by Gasteiger charge is -1.92. The van der Waals surface area contributed by atoms with Gasteiger partial charge in [0.05, 0.1) is 13.2 Å². The second-order valence-corrected chi connectivity index (χ2v) is 4.54. The van der Waals surface area contributed by atoms with E-state index in [1.807, 2.05) is 36.4 Å². The van der Waals surface area contributed by atoms with Gasteiger partial charge in [-0.25, -0.2) is 9.79 Å². The topological polar surface area (TPSA) is 42.0 Å². The minimum absolute atomic E-state index is 0.224. The van der Waals surface area contributed by atoms with Crippen LogP contribution in [0.25, 0.3) is 12.2 Å². The molecule has 0 radical (unpaired) electrons. The van der Waals surface area contributed by atoms with Gasteiger partial charge in [0.2, 0.25) is 6.08 Å². The predicted molar refractivity (Wildman–Crippen MR) is 84.5 cm³/mol. The van der Waals surface area contributed by atoms with Gasteiger partial charge in [-0.15, -0.1) is 0 Å². The number of hydrogen-bond acceptors (Lipinski definition) is 3. The number of hydrogen-bond donors (Lipinski definition) is 0. The average molecular weight is 279 g/mol. The number of epoxide rings is 1. The molecule has 1 saturated heterocycles. The second-order valence-electron chi connectivity index (χ2n) is 4.54. The van der Waals surface area contributed by atoms with E-state index in [0.29, 0.717) is 6.54 Å². The van der Waals surface area contributed by atoms with Crippen LogP contribution in [0.4, 0.5) is 0 Å². The Morgan fingerprint density at radius 3 is 1.86 bits per heavy atom. The Hall–Kier alpha value is -2.48. The van der Waals surface area contributed by atoms with Crippen LogP contribution < -0.4 is 0 Å². The van der Waals surface area contributed by atoms with E-state index in [1.165, 1.54) is 17.2 Å². The first-order valence-electron chi connectivity index (χ1n) is 6.82. The normalized spacial score (nSPS) is 15.7. The predicted octanol–water partition coefficient (Wildman–Crippen LogP) is 3.58. The van der Waals surface area contributed by atoms with Crippen molar-refractivity contribution < 1.29 is 9.53 Å². The maximum absolute atomic E-state index is 9.39. The summed E-state index contributed by atoms with van der Waals surface area (Å²) in [6.45, 7) is 1.24. The summed E-state index contributed by atoms with van der Waals surface area (Å²) in [5, 5.41) is 0. The Balaban J connectivity index is 0.000000194. The van der Waals surface area contributed by atoms with Crippen molar-refractivity contribution in [2.75, 3.05) is 13.2 Å². The number of benzene rings is 2. The molecule has 106 valence electrons. The van der Waals surface area contributed by atoms with Crippen molar-refractivity contribution in [1.82, 2.24) is 0 Å². The number of carbonyl (C=O) groups excluding carboxylic acids is 1. The lowest BCUT2D eigenvalue weighted by Crippen LogP contribution is -1.87. The van der Waals surface area contributed by atoms with E-state index in [4.69, 9.17) is 4.74 Å². The van der Waals surface area contributed by atoms with E-state index >= 15 is 0 Å². The third-order valence-electron chi connectivity index (χ3n) is 2.83. The van der Waals surface area contributed by atoms with Crippen molar-refractivity contribution in [3.8, 4) is 0 Å². The van der Waals surface area contributed by atoms with Crippen LogP contribution in [0.5, 0.6) is 0 Å². The highest BCUT2D eigenvalue weighted by molar-refractivity contribution is 5.69. The zero-order valence-electron chi connectivity index (χ0n) is 11.7. The Labute approximate surface area is 124 Å². The molecule has 3 rings (SSSR count). The van der Waals surface area contributed by atoms with Crippen molar-refractivity contribution >= 4 is 18.2 Å². The van der Waals surface area contributed by atoms with Gasteiger partial charge in [-0.2, -0.15) is 0 Å². The summed E-state index contributed by atoms with van der Waals surface area (Å²) < 4.78 is 4.74. The van der Waals surface area contributed by atoms with Gasteiger partial charge in [-0.05, 0) is 11.1 Å². The zero-order valence-corrected chi connectivity index (χ0v) is 11.7. The number of nitrogens with zero attached hydrogens (tertiary/aromatic N) is 1. The van der Waals surface area contributed by atoms with Gasteiger partial charge in [0.25, 0.3) is 0 Å². The molecule has 1 unspecified atom stereocenters. The molecule has 3 heteroatoms. The number of aliphatic imine (C=N–C) groups is 1. The summed E-state index contributed by atoms with van der Waals surface area (Å²) in [5.74, 6) is 0. The van der Waals surface area contributed by atoms with Gasteiger partial charge < -0.3 is 4.74 Å². The van der Waals surface area contributed by atoms with Crippen LogP contribution in [-0.2, 0) is 9.53 Å². The highest BCUT2D eigenvalue weighted by Crippen LogP contribution is 2.07. The molecule has 2 aromatic carbocycles. The van der Waals surface area contributed by atoms with Crippen molar-refractivity contribution in [1.29, 1.82) is 0 Å². The molecule has 1 heterocycles. The molecule has 0 spiro atoms. The first-order valence-corrected chi connectivity index (χ1v) is 6.82. The van der Waals surface area contributed by atoms with Crippen LogP contribution in [0.2, 0.25) is 0 Å². The molecule has 0 aliphatic carbocycles. The van der Waals surface area contributed by atoms with Crippen LogP contribution in [-0.4, -0.2) is 25.3 Å². The molecular weight excluding hydrogens is 262 g/mol. The van der Waals surface area contributed by atoms with Crippen LogP contribution in [0, 0.1) is 0 Å². The van der Waals surface area contributed by atoms with Gasteiger partial charge in [0, 0.05) is 0 Å². The van der Waals surface area contributed by atoms with Crippen LogP contribution in [0.15, 0.2) is 65.7 Å². The smallest absolute Gasteiger partial charge is 0.235 e. The van der Waals surface area contributed by atoms with Crippen LogP contribution in [0.3, 0.4) is 0 Å². The van der Waals surface area contributed by atoms with Crippen molar-refractivity contribution in [3.05, 3.63) is 71.8 Å². The highest BCUT2D eigenvalue weighted by Gasteiger charge is 2.21. The van der Waals surface area contributed by atoms with Gasteiger partial charge in [-0.1, -0.05) is 72.8 Å². The molecule has 0 bridgehead atoms. The van der Waals surface area contributed by atoms with Gasteiger partial charge in [0.1, 0.15) is 6.10 Å². The fraction of sp³-hybridized carbons (Fsp3) is 0.167. The monoisotopic (exact) mass is 279 g/mol. The molecule has 3 nitrogen and oxygen atoms in total. The van der Waals surface area contributed by atoms with E-state index in [2.05, 4.69) is 41.4 Å². The third kappa shape index (κ3) is 6.48. The fourth-order valence-electron chi connectivity index (χ4n) is 1.63. The van der Waals surface area contributed by atoms with Gasteiger partial charge in [-0.3, -0.25) is 0 Å². The summed E-state index contributed by atoms with van der Waals surface area (Å²) >= 11 is 0. The number of isocyanates is 1. The molecule has 0 amide bonds. The minimum atomic E-state index is 0.224. The van der Waals surface area contributed by atoms with E-state index in [1.54, 1.807) is 0 Å². The lowest BCUT2D eigenvalue weighted by atomic mass is 10.1. The molecule has 1 atom stereocenters. The second kappa shape index (κ2) is 8.64. The van der Waals surface area contributed by atoms with Gasteiger partial charge >= 0.3 is 0 Å². The molecule has 1 aliphatic rings. The Morgan fingerprint density at radius 2 is 1.48 bits per heavy atom. The minimum Gasteiger partial charge on any atom is -0.371 e. The van der Waals surface area contributed by atoms with E-state index in [-0.39, 0.29) is 6.10 Å². The number of rotatable bonds is 4. The first-order chi connectivity index (χ1) is 10.4. The Morgan fingerprint density at radius 1 is 1.00 bits per heavy atom. The standard InChI is InChI=1S/C14H12.C4H5NO2/c1-3-7-13(8-4-1)11-12-14-9-5-2-6-10-14;6-3-5-1-4-2-7-4/h1-12H;4H,1-2H2. The summed E-state index contributed by atoms with van der Waals surface area (Å²) in [6.07, 6.45) is 5.90. The number of ether oxygens (including phenoxy) is 1. The Bertz CT molecular complexity index is 556. The fourth-order valence-corrected chi connectivity index (χ4v) is 1.63. The molecule has 1 aliphatic heterocycles. The molecule has 2 aromatic rings. The molecule has 0 N–H and O–H groups in total. The largest absolute Gasteiger partial charge is 0.371 e. The van der Waals surface area contributed by atoms with E-state index in [9.17, 15) is 4.79 Å². The van der Waals surface area contributed by atoms with E-state index < -0.39 is 0 Å². The lowest BCUT2D eigenvalue weighted by molar-refractivity contribution is 0.412. The van der Waals surface area contributed by atoms with E-state index in [0.717, 1.165) is 6.61 Å². The molecule has 0 saturated carbocycles. The third-order valence-corrected chi connectivity index (χ3v) is 2.83. The molecular formula is C18H17NO2. The summed E-state index contributed by atoms with van der Waals surface area (Å²) in [5.41, 5.74) is 2.47. The van der Waals surface area contributed by atoms with Crippen LogP contribution in [0.1, 0.15) is 11.1 Å². The molecule has 21 heavy (non-hydrogen) atoms. The van der Waals surface area contributed by atoms with Crippen LogP contribution >= 0.6 is 0 Å². The average Bonchev–Trinajstić information content (AvgIpc) is 3.38. The maximum atomic E-state index is 9.39. The summed E-state index contributed by atoms with van der Waals surface area (Å²) in [4.78, 5) is 12.7. The highest BCUT2D eigenvalue weighted by atomic mass is 16.6. The summed E-state index contributed by atoms with van der Waals surface area (Å²) in [6, 6.07) is 20.6. The van der Waals surface area contributed by atoms with Gasteiger partial charge in [0.15, 0.2) is 0 Å². The molecule has 0 aromatic heterocycles.